The van der Waals surface area contributed by atoms with E-state index in [1.165, 1.54) is 0 Å². The fraction of sp³-hybridized carbons (Fsp3) is 0.533. The number of pyridine rings is 1. The molecule has 0 unspecified atom stereocenters. The molecule has 1 saturated carbocycles. The molecule has 2 rings (SSSR count). The van der Waals surface area contributed by atoms with E-state index in [4.69, 9.17) is 0 Å². The van der Waals surface area contributed by atoms with E-state index < -0.39 is 11.4 Å². The van der Waals surface area contributed by atoms with E-state index in [1.54, 1.807) is 6.20 Å². The van der Waals surface area contributed by atoms with Crippen molar-refractivity contribution in [3.63, 3.8) is 0 Å². The zero-order chi connectivity index (χ0) is 14.4. The number of amides is 1. The van der Waals surface area contributed by atoms with Gasteiger partial charge < -0.3 is 10.4 Å². The molecule has 0 radical (unpaired) electrons. The van der Waals surface area contributed by atoms with Gasteiger partial charge in [-0.3, -0.25) is 14.6 Å². The normalized spacial score (nSPS) is 16.8. The number of aromatic nitrogens is 1. The van der Waals surface area contributed by atoms with Crippen LogP contribution in [0.4, 0.5) is 0 Å². The molecule has 0 saturated heterocycles. The second kappa shape index (κ2) is 6.50. The van der Waals surface area contributed by atoms with Gasteiger partial charge in [-0.05, 0) is 31.4 Å². The largest absolute Gasteiger partial charge is 0.481 e. The first-order chi connectivity index (χ1) is 9.62. The van der Waals surface area contributed by atoms with Crippen molar-refractivity contribution in [2.24, 2.45) is 5.41 Å². The number of carbonyl (C=O) groups excluding carboxylic acids is 1. The van der Waals surface area contributed by atoms with Crippen LogP contribution in [0.2, 0.25) is 0 Å². The maximum Gasteiger partial charge on any atom is 0.311 e. The Balaban J connectivity index is 1.78. The number of carbonyl (C=O) groups is 2. The number of aryl methyl sites for hydroxylation is 1. The Morgan fingerprint density at radius 3 is 2.65 bits per heavy atom. The molecule has 1 aliphatic carbocycles. The minimum Gasteiger partial charge on any atom is -0.481 e. The summed E-state index contributed by atoms with van der Waals surface area (Å²) in [6.07, 6.45) is 5.78. The molecule has 108 valence electrons. The van der Waals surface area contributed by atoms with Gasteiger partial charge >= 0.3 is 5.97 Å². The van der Waals surface area contributed by atoms with E-state index in [2.05, 4.69) is 10.3 Å². The number of hydrogen-bond donors (Lipinski definition) is 2. The van der Waals surface area contributed by atoms with E-state index in [9.17, 15) is 14.7 Å². The topological polar surface area (TPSA) is 79.3 Å². The number of hydrogen-bond acceptors (Lipinski definition) is 3. The van der Waals surface area contributed by atoms with Crippen LogP contribution in [0.1, 0.15) is 37.8 Å². The van der Waals surface area contributed by atoms with Gasteiger partial charge in [0, 0.05) is 24.9 Å². The minimum atomic E-state index is -0.792. The van der Waals surface area contributed by atoms with Gasteiger partial charge in [0.25, 0.3) is 0 Å². The molecule has 1 fully saturated rings. The maximum absolute atomic E-state index is 11.8. The van der Waals surface area contributed by atoms with Crippen molar-refractivity contribution in [3.05, 3.63) is 30.1 Å². The van der Waals surface area contributed by atoms with Gasteiger partial charge in [-0.2, -0.15) is 0 Å². The lowest BCUT2D eigenvalue weighted by molar-refractivity contribution is -0.148. The van der Waals surface area contributed by atoms with Gasteiger partial charge in [0.15, 0.2) is 0 Å². The quantitative estimate of drug-likeness (QED) is 0.830. The Bertz CT molecular complexity index is 467. The summed E-state index contributed by atoms with van der Waals surface area (Å²) < 4.78 is 0. The lowest BCUT2D eigenvalue weighted by atomic mass is 9.86. The molecule has 0 aliphatic heterocycles. The smallest absolute Gasteiger partial charge is 0.311 e. The van der Waals surface area contributed by atoms with Crippen LogP contribution in [0.3, 0.4) is 0 Å². The summed E-state index contributed by atoms with van der Waals surface area (Å²) in [6.45, 7) is 0.239. The highest BCUT2D eigenvalue weighted by Gasteiger charge is 2.41. The molecule has 0 atom stereocenters. The molecule has 1 aromatic heterocycles. The second-order valence-electron chi connectivity index (χ2n) is 5.39. The molecule has 20 heavy (non-hydrogen) atoms. The Hall–Kier alpha value is -1.91. The van der Waals surface area contributed by atoms with E-state index >= 15 is 0 Å². The fourth-order valence-corrected chi connectivity index (χ4v) is 2.66. The Labute approximate surface area is 118 Å². The van der Waals surface area contributed by atoms with Crippen LogP contribution >= 0.6 is 0 Å². The summed E-state index contributed by atoms with van der Waals surface area (Å²) >= 11 is 0. The van der Waals surface area contributed by atoms with Gasteiger partial charge in [-0.15, -0.1) is 0 Å². The Kier molecular flexibility index (Phi) is 4.71. The van der Waals surface area contributed by atoms with Crippen molar-refractivity contribution in [1.82, 2.24) is 10.3 Å². The number of rotatable bonds is 6. The number of aliphatic carboxylic acids is 1. The Morgan fingerprint density at radius 2 is 2.05 bits per heavy atom. The third-order valence-corrected chi connectivity index (χ3v) is 3.97. The van der Waals surface area contributed by atoms with Crippen molar-refractivity contribution in [2.45, 2.75) is 38.5 Å². The number of nitrogens with zero attached hydrogens (tertiary/aromatic N) is 1. The molecule has 0 bridgehead atoms. The van der Waals surface area contributed by atoms with E-state index in [0.717, 1.165) is 18.5 Å². The molecular weight excluding hydrogens is 256 g/mol. The van der Waals surface area contributed by atoms with E-state index in [-0.39, 0.29) is 12.5 Å². The summed E-state index contributed by atoms with van der Waals surface area (Å²) in [6, 6.07) is 5.60. The van der Waals surface area contributed by atoms with Gasteiger partial charge in [-0.25, -0.2) is 0 Å². The average Bonchev–Trinajstić information content (AvgIpc) is 2.94. The van der Waals surface area contributed by atoms with Crippen LogP contribution in [-0.4, -0.2) is 28.5 Å². The van der Waals surface area contributed by atoms with Crippen molar-refractivity contribution in [2.75, 3.05) is 6.54 Å². The first kappa shape index (κ1) is 14.5. The SMILES string of the molecule is O=C(CCc1ccccn1)NCC1(C(=O)O)CCCC1. The van der Waals surface area contributed by atoms with Crippen LogP contribution in [0.15, 0.2) is 24.4 Å². The average molecular weight is 276 g/mol. The van der Waals surface area contributed by atoms with Gasteiger partial charge in [0.2, 0.25) is 5.91 Å². The zero-order valence-electron chi connectivity index (χ0n) is 11.5. The predicted molar refractivity (Wildman–Crippen MR) is 74.1 cm³/mol. The molecule has 1 amide bonds. The highest BCUT2D eigenvalue weighted by Crippen LogP contribution is 2.37. The number of carboxylic acids is 1. The minimum absolute atomic E-state index is 0.108. The molecule has 5 nitrogen and oxygen atoms in total. The third kappa shape index (κ3) is 3.56. The first-order valence-electron chi connectivity index (χ1n) is 7.02. The van der Waals surface area contributed by atoms with Crippen LogP contribution in [-0.2, 0) is 16.0 Å². The summed E-state index contributed by atoms with van der Waals surface area (Å²) in [5, 5.41) is 12.1. The molecule has 0 aromatic carbocycles. The summed E-state index contributed by atoms with van der Waals surface area (Å²) in [7, 11) is 0. The fourth-order valence-electron chi connectivity index (χ4n) is 2.66. The highest BCUT2D eigenvalue weighted by atomic mass is 16.4. The standard InChI is InChI=1S/C15H20N2O3/c18-13(7-6-12-5-1-4-10-16-12)17-11-15(14(19)20)8-2-3-9-15/h1,4-5,10H,2-3,6-9,11H2,(H,17,18)(H,19,20). The van der Waals surface area contributed by atoms with Gasteiger partial charge in [-0.1, -0.05) is 18.9 Å². The third-order valence-electron chi connectivity index (χ3n) is 3.97. The molecule has 0 spiro atoms. The predicted octanol–water partition coefficient (Wildman–Crippen LogP) is 1.78. The van der Waals surface area contributed by atoms with Crippen LogP contribution in [0.5, 0.6) is 0 Å². The number of carboxylic acid groups (broad SMARTS) is 1. The van der Waals surface area contributed by atoms with Crippen LogP contribution in [0, 0.1) is 5.41 Å². The molecule has 1 heterocycles. The molecule has 1 aromatic rings. The second-order valence-corrected chi connectivity index (χ2v) is 5.39. The van der Waals surface area contributed by atoms with E-state index in [1.807, 2.05) is 18.2 Å². The van der Waals surface area contributed by atoms with Crippen molar-refractivity contribution in [3.8, 4) is 0 Å². The molecule has 5 heteroatoms. The maximum atomic E-state index is 11.8. The van der Waals surface area contributed by atoms with Crippen LogP contribution < -0.4 is 5.32 Å². The summed E-state index contributed by atoms with van der Waals surface area (Å²) in [5.41, 5.74) is 0.122. The molecule has 1 aliphatic rings. The van der Waals surface area contributed by atoms with Crippen LogP contribution in [0.25, 0.3) is 0 Å². The first-order valence-corrected chi connectivity index (χ1v) is 7.02. The summed E-state index contributed by atoms with van der Waals surface area (Å²) in [4.78, 5) is 27.3. The summed E-state index contributed by atoms with van der Waals surface area (Å²) in [5.74, 6) is -0.900. The number of nitrogens with one attached hydrogen (secondary N) is 1. The van der Waals surface area contributed by atoms with Gasteiger partial charge in [0.1, 0.15) is 0 Å². The lowest BCUT2D eigenvalue weighted by Gasteiger charge is -2.23. The van der Waals surface area contributed by atoms with E-state index in [0.29, 0.717) is 25.7 Å². The molecular formula is C15H20N2O3. The van der Waals surface area contributed by atoms with Crippen molar-refractivity contribution in [1.29, 1.82) is 0 Å². The van der Waals surface area contributed by atoms with Gasteiger partial charge in [0.05, 0.1) is 5.41 Å². The molecule has 2 N–H and O–H groups in total. The monoisotopic (exact) mass is 276 g/mol. The van der Waals surface area contributed by atoms with Crippen molar-refractivity contribution < 1.29 is 14.7 Å². The van der Waals surface area contributed by atoms with Crippen molar-refractivity contribution >= 4 is 11.9 Å². The Morgan fingerprint density at radius 1 is 1.30 bits per heavy atom. The zero-order valence-corrected chi connectivity index (χ0v) is 11.5. The lowest BCUT2D eigenvalue weighted by Crippen LogP contribution is -2.41. The highest BCUT2D eigenvalue weighted by molar-refractivity contribution is 5.79.